The predicted octanol–water partition coefficient (Wildman–Crippen LogP) is 25.9. The lowest BCUT2D eigenvalue weighted by atomic mass is 9.85. The molecule has 20 aromatic rings. The number of thiophene rings is 3. The Labute approximate surface area is 516 Å². The second kappa shape index (κ2) is 18.5. The fourth-order valence-corrected chi connectivity index (χ4v) is 18.4. The van der Waals surface area contributed by atoms with E-state index < -0.39 is 0 Å². The van der Waals surface area contributed by atoms with Crippen molar-refractivity contribution in [2.75, 3.05) is 0 Å². The average Bonchev–Trinajstić information content (AvgIpc) is 1.20. The maximum Gasteiger partial charge on any atom is 0.136 e. The Balaban J connectivity index is 0.680. The van der Waals surface area contributed by atoms with Crippen molar-refractivity contribution in [3.05, 3.63) is 279 Å². The van der Waals surface area contributed by atoms with Gasteiger partial charge in [0.15, 0.2) is 0 Å². The van der Waals surface area contributed by atoms with Gasteiger partial charge in [-0.2, -0.15) is 0 Å². The maximum atomic E-state index is 6.82. The van der Waals surface area contributed by atoms with Gasteiger partial charge in [0.2, 0.25) is 0 Å². The van der Waals surface area contributed by atoms with Gasteiger partial charge >= 0.3 is 0 Å². The molecule has 0 atom stereocenters. The topological polar surface area (TPSA) is 13.1 Å². The molecule has 4 aromatic heterocycles. The van der Waals surface area contributed by atoms with Gasteiger partial charge in [-0.25, -0.2) is 0 Å². The predicted molar refractivity (Wildman–Crippen MR) is 385 cm³/mol. The van der Waals surface area contributed by atoms with Gasteiger partial charge in [-0.05, 0) is 211 Å². The summed E-state index contributed by atoms with van der Waals surface area (Å²) in [5, 5.41) is 25.1. The van der Waals surface area contributed by atoms with Crippen molar-refractivity contribution in [2.24, 2.45) is 0 Å². The zero-order chi connectivity index (χ0) is 57.3. The molecule has 0 N–H and O–H groups in total. The highest BCUT2D eigenvalue weighted by molar-refractivity contribution is 7.26. The van der Waals surface area contributed by atoms with Crippen LogP contribution in [0.4, 0.5) is 0 Å². The minimum absolute atomic E-state index is 0.885. The van der Waals surface area contributed by atoms with E-state index in [1.54, 1.807) is 0 Å². The number of fused-ring (bicyclic) bond motifs is 18. The van der Waals surface area contributed by atoms with Gasteiger partial charge in [0.25, 0.3) is 0 Å². The normalized spacial score (nSPS) is 12.3. The van der Waals surface area contributed by atoms with Crippen molar-refractivity contribution in [3.63, 3.8) is 0 Å². The van der Waals surface area contributed by atoms with E-state index in [2.05, 4.69) is 279 Å². The van der Waals surface area contributed by atoms with E-state index in [0.717, 1.165) is 27.5 Å². The minimum Gasteiger partial charge on any atom is -0.456 e. The van der Waals surface area contributed by atoms with E-state index >= 15 is 0 Å². The van der Waals surface area contributed by atoms with Gasteiger partial charge in [-0.3, -0.25) is 0 Å². The van der Waals surface area contributed by atoms with E-state index in [1.165, 1.54) is 175 Å². The van der Waals surface area contributed by atoms with E-state index in [9.17, 15) is 0 Å². The van der Waals surface area contributed by atoms with Crippen LogP contribution < -0.4 is 0 Å². The van der Waals surface area contributed by atoms with Gasteiger partial charge in [0.1, 0.15) is 11.2 Å². The average molecular weight is 1170 g/mol. The van der Waals surface area contributed by atoms with Gasteiger partial charge in [0, 0.05) is 71.3 Å². The highest BCUT2D eigenvalue weighted by Gasteiger charge is 2.22. The van der Waals surface area contributed by atoms with Crippen LogP contribution in [0.1, 0.15) is 0 Å². The molecule has 406 valence electrons. The van der Waals surface area contributed by atoms with Crippen molar-refractivity contribution in [2.45, 2.75) is 0 Å². The van der Waals surface area contributed by atoms with Crippen LogP contribution in [-0.2, 0) is 0 Å². The third-order valence-corrected chi connectivity index (χ3v) is 22.4. The fraction of sp³-hybridized carbons (Fsp3) is 0. The SMILES string of the molecule is c1ccc2cc3c(cc2c1)sc1ccc(-c2c4ccccc4c(-c4ccc5oc6cc(-c7cccc8cc9c(cc78)sc7ccc(-c8c%10ccccc%10c(-c%10ccc%11sc%12ccccc%12c%11c%10)c%10ccccc8%10)cc79)ccc6c5c4)c4ccccc24)cc13. The number of hydrogen-bond acceptors (Lipinski definition) is 4. The molecule has 4 heterocycles. The van der Waals surface area contributed by atoms with Crippen LogP contribution in [0.2, 0.25) is 0 Å². The van der Waals surface area contributed by atoms with Crippen molar-refractivity contribution in [1.82, 2.24) is 0 Å². The van der Waals surface area contributed by atoms with Crippen LogP contribution in [0, 0.1) is 0 Å². The number of benzene rings is 16. The molecule has 0 aliphatic carbocycles. The monoisotopic (exact) mass is 1170 g/mol. The molecule has 0 saturated carbocycles. The summed E-state index contributed by atoms with van der Waals surface area (Å²) in [7, 11) is 0. The highest BCUT2D eigenvalue weighted by Crippen LogP contribution is 2.50. The molecular formula is C84H46OS3. The third-order valence-electron chi connectivity index (χ3n) is 19.0. The largest absolute Gasteiger partial charge is 0.456 e. The summed E-state index contributed by atoms with van der Waals surface area (Å²) < 4.78 is 14.7. The smallest absolute Gasteiger partial charge is 0.136 e. The molecule has 0 radical (unpaired) electrons. The molecule has 0 bridgehead atoms. The molecular weight excluding hydrogens is 1120 g/mol. The molecule has 0 spiro atoms. The van der Waals surface area contributed by atoms with Crippen molar-refractivity contribution in [3.8, 4) is 55.6 Å². The van der Waals surface area contributed by atoms with Crippen LogP contribution in [0.25, 0.3) is 203 Å². The number of furan rings is 1. The highest BCUT2D eigenvalue weighted by atomic mass is 32.1. The lowest BCUT2D eigenvalue weighted by molar-refractivity contribution is 0.669. The Bertz CT molecular complexity index is 6330. The summed E-state index contributed by atoms with van der Waals surface area (Å²) >= 11 is 5.64. The first-order valence-electron chi connectivity index (χ1n) is 30.1. The Hall–Kier alpha value is -10.5. The molecule has 4 heteroatoms. The van der Waals surface area contributed by atoms with Crippen LogP contribution in [0.5, 0.6) is 0 Å². The molecule has 1 nitrogen and oxygen atoms in total. The summed E-state index contributed by atoms with van der Waals surface area (Å²) in [6.45, 7) is 0. The number of hydrogen-bond donors (Lipinski definition) is 0. The van der Waals surface area contributed by atoms with Crippen molar-refractivity contribution < 1.29 is 4.42 Å². The van der Waals surface area contributed by atoms with E-state index in [0.29, 0.717) is 0 Å². The van der Waals surface area contributed by atoms with Crippen LogP contribution in [0.3, 0.4) is 0 Å². The van der Waals surface area contributed by atoms with Crippen molar-refractivity contribution in [1.29, 1.82) is 0 Å². The first-order valence-corrected chi connectivity index (χ1v) is 32.5. The Morgan fingerprint density at radius 1 is 0.182 bits per heavy atom. The Kier molecular flexibility index (Phi) is 10.3. The summed E-state index contributed by atoms with van der Waals surface area (Å²) in [6.07, 6.45) is 0. The second-order valence-electron chi connectivity index (χ2n) is 23.7. The molecule has 20 rings (SSSR count). The fourth-order valence-electron chi connectivity index (χ4n) is 15.1. The molecule has 16 aromatic carbocycles. The first-order chi connectivity index (χ1) is 43.6. The molecule has 0 aliphatic heterocycles. The van der Waals surface area contributed by atoms with Crippen LogP contribution in [-0.4, -0.2) is 0 Å². The lowest BCUT2D eigenvalue weighted by Crippen LogP contribution is -1.90. The summed E-state index contributed by atoms with van der Waals surface area (Å²) in [5.74, 6) is 0. The van der Waals surface area contributed by atoms with Gasteiger partial charge in [-0.15, -0.1) is 34.0 Å². The summed E-state index contributed by atoms with van der Waals surface area (Å²) in [4.78, 5) is 0. The second-order valence-corrected chi connectivity index (χ2v) is 27.0. The maximum absolute atomic E-state index is 6.82. The Morgan fingerprint density at radius 3 is 1.09 bits per heavy atom. The molecule has 0 unspecified atom stereocenters. The van der Waals surface area contributed by atoms with Gasteiger partial charge in [-0.1, -0.05) is 188 Å². The van der Waals surface area contributed by atoms with Gasteiger partial charge in [0.05, 0.1) is 0 Å². The first kappa shape index (κ1) is 48.7. The van der Waals surface area contributed by atoms with E-state index in [1.807, 2.05) is 34.0 Å². The Morgan fingerprint density at radius 2 is 0.557 bits per heavy atom. The molecule has 0 saturated heterocycles. The number of rotatable bonds is 5. The van der Waals surface area contributed by atoms with Crippen molar-refractivity contribution >= 4 is 181 Å². The van der Waals surface area contributed by atoms with E-state index in [4.69, 9.17) is 4.42 Å². The zero-order valence-electron chi connectivity index (χ0n) is 47.2. The van der Waals surface area contributed by atoms with Crippen LogP contribution >= 0.6 is 34.0 Å². The van der Waals surface area contributed by atoms with E-state index in [-0.39, 0.29) is 0 Å². The molecule has 0 fully saturated rings. The minimum atomic E-state index is 0.885. The van der Waals surface area contributed by atoms with Crippen LogP contribution in [0.15, 0.2) is 283 Å². The molecule has 88 heavy (non-hydrogen) atoms. The molecule has 0 aliphatic rings. The zero-order valence-corrected chi connectivity index (χ0v) is 49.6. The molecule has 0 amide bonds. The third kappa shape index (κ3) is 7.13. The summed E-state index contributed by atoms with van der Waals surface area (Å²) in [6, 6.07) is 105. The quantitative estimate of drug-likeness (QED) is 0.157. The standard InChI is InChI=1S/C84H46OS3/c1-2-15-48-45-79-71(38-47(48)14-1)69-42-53(31-36-77(69)87-79)83-60-20-5-3-18-58(60)81(59-19-4-6-21-61(59)83)51-29-34-73-67(40-51)56-33-28-50(44-74(56)85-73)55-26-13-16-49-39-72-70-43-54(32-37-78(70)88-80(72)46-66(49)55)84-64-24-9-7-22-62(64)82(63-23-8-10-25-65(63)84)52-30-35-76-68(41-52)57-17-11-12-27-75(57)86-76/h1-46H. The lowest BCUT2D eigenvalue weighted by Gasteiger charge is -2.18. The van der Waals surface area contributed by atoms with Gasteiger partial charge < -0.3 is 4.42 Å². The summed E-state index contributed by atoms with van der Waals surface area (Å²) in [5.41, 5.74) is 14.1.